The van der Waals surface area contributed by atoms with Crippen LogP contribution in [-0.2, 0) is 4.74 Å². The first kappa shape index (κ1) is 16.0. The van der Waals surface area contributed by atoms with E-state index in [0.717, 1.165) is 18.6 Å². The number of amides is 1. The van der Waals surface area contributed by atoms with E-state index >= 15 is 0 Å². The second-order valence-corrected chi connectivity index (χ2v) is 6.61. The predicted octanol–water partition coefficient (Wildman–Crippen LogP) is 2.67. The minimum atomic E-state index is -0.401. The maximum Gasteiger partial charge on any atom is 0.254 e. The molecule has 2 saturated heterocycles. The van der Waals surface area contributed by atoms with Gasteiger partial charge in [-0.25, -0.2) is 4.39 Å². The summed E-state index contributed by atoms with van der Waals surface area (Å²) in [4.78, 5) is 18.4. The Bertz CT molecular complexity index is 770. The summed E-state index contributed by atoms with van der Waals surface area (Å²) in [5.74, 6) is 0.164. The third-order valence-electron chi connectivity index (χ3n) is 4.79. The summed E-state index contributed by atoms with van der Waals surface area (Å²) >= 11 is 0. The fraction of sp³-hybridized carbons (Fsp3) is 0.368. The molecule has 0 unspecified atom stereocenters. The lowest BCUT2D eigenvalue weighted by molar-refractivity contribution is 0.00994. The molecule has 3 heterocycles. The zero-order valence-electron chi connectivity index (χ0n) is 13.7. The lowest BCUT2D eigenvalue weighted by atomic mass is 9.98. The highest BCUT2D eigenvalue weighted by molar-refractivity contribution is 5.94. The number of ether oxygens (including phenoxy) is 2. The maximum atomic E-state index is 13.4. The van der Waals surface area contributed by atoms with Gasteiger partial charge in [0.25, 0.3) is 5.91 Å². The summed E-state index contributed by atoms with van der Waals surface area (Å²) in [6.07, 6.45) is 4.83. The first-order chi connectivity index (χ1) is 12.1. The second kappa shape index (κ2) is 6.44. The van der Waals surface area contributed by atoms with E-state index < -0.39 is 5.82 Å². The summed E-state index contributed by atoms with van der Waals surface area (Å²) in [7, 11) is 0. The average Bonchev–Trinajstić information content (AvgIpc) is 3.22. The van der Waals surface area contributed by atoms with Crippen LogP contribution in [0.2, 0.25) is 0 Å². The molecule has 130 valence electrons. The van der Waals surface area contributed by atoms with E-state index in [9.17, 15) is 9.18 Å². The number of likely N-dealkylation sites (tertiary alicyclic amines) is 1. The van der Waals surface area contributed by atoms with Gasteiger partial charge >= 0.3 is 0 Å². The van der Waals surface area contributed by atoms with Gasteiger partial charge in [0.15, 0.2) is 0 Å². The Balaban J connectivity index is 1.39. The zero-order chi connectivity index (χ0) is 17.3. The molecule has 2 atom stereocenters. The second-order valence-electron chi connectivity index (χ2n) is 6.61. The smallest absolute Gasteiger partial charge is 0.254 e. The summed E-state index contributed by atoms with van der Waals surface area (Å²) < 4.78 is 25.3. The van der Waals surface area contributed by atoms with Crippen LogP contribution >= 0.6 is 0 Å². The number of hydrogen-bond acceptors (Lipinski definition) is 4. The Hall–Kier alpha value is -2.47. The van der Waals surface area contributed by atoms with Gasteiger partial charge in [0, 0.05) is 24.7 Å². The number of carbonyl (C=O) groups excluding carboxylic acids is 1. The number of halogens is 1. The van der Waals surface area contributed by atoms with Crippen LogP contribution in [0.3, 0.4) is 0 Å². The van der Waals surface area contributed by atoms with E-state index in [2.05, 4.69) is 4.98 Å². The highest BCUT2D eigenvalue weighted by Gasteiger charge is 2.47. The van der Waals surface area contributed by atoms with Crippen LogP contribution in [0.15, 0.2) is 48.8 Å². The van der Waals surface area contributed by atoms with Crippen LogP contribution in [0.1, 0.15) is 23.2 Å². The summed E-state index contributed by atoms with van der Waals surface area (Å²) in [6.45, 7) is 1.61. The molecule has 1 aromatic heterocycles. The van der Waals surface area contributed by atoms with Crippen LogP contribution in [-0.4, -0.2) is 47.2 Å². The standard InChI is InChI=1S/C19H19FN2O3/c20-15-4-1-3-14(9-15)18(23)22-8-6-19(13-22)10-17(12-24-19)25-16-5-2-7-21-11-16/h1-5,7,9,11,17H,6,8,10,12-13H2/t17-,19+/m0/s1. The summed E-state index contributed by atoms with van der Waals surface area (Å²) in [5.41, 5.74) is 0.00812. The molecule has 2 fully saturated rings. The van der Waals surface area contributed by atoms with Crippen LogP contribution in [0.5, 0.6) is 5.75 Å². The van der Waals surface area contributed by atoms with Gasteiger partial charge < -0.3 is 14.4 Å². The van der Waals surface area contributed by atoms with Gasteiger partial charge in [-0.05, 0) is 36.8 Å². The van der Waals surface area contributed by atoms with E-state index in [1.165, 1.54) is 12.1 Å². The molecule has 6 heteroatoms. The molecule has 1 aromatic carbocycles. The van der Waals surface area contributed by atoms with Crippen molar-refractivity contribution in [2.75, 3.05) is 19.7 Å². The molecule has 1 amide bonds. The number of aromatic nitrogens is 1. The number of benzene rings is 1. The van der Waals surface area contributed by atoms with Gasteiger partial charge in [-0.3, -0.25) is 9.78 Å². The number of pyridine rings is 1. The van der Waals surface area contributed by atoms with Crippen LogP contribution in [0.25, 0.3) is 0 Å². The lowest BCUT2D eigenvalue weighted by Crippen LogP contribution is -2.36. The largest absolute Gasteiger partial charge is 0.486 e. The zero-order valence-corrected chi connectivity index (χ0v) is 13.7. The van der Waals surface area contributed by atoms with Crippen molar-refractivity contribution >= 4 is 5.91 Å². The summed E-state index contributed by atoms with van der Waals surface area (Å²) in [5, 5.41) is 0. The Labute approximate surface area is 145 Å². The fourth-order valence-electron chi connectivity index (χ4n) is 3.59. The molecule has 2 aliphatic heterocycles. The molecule has 0 aliphatic carbocycles. The van der Waals surface area contributed by atoms with Crippen molar-refractivity contribution in [2.24, 2.45) is 0 Å². The Morgan fingerprint density at radius 3 is 3.08 bits per heavy atom. The van der Waals surface area contributed by atoms with Crippen molar-refractivity contribution < 1.29 is 18.7 Å². The van der Waals surface area contributed by atoms with E-state index in [1.54, 1.807) is 29.4 Å². The number of nitrogens with zero attached hydrogens (tertiary/aromatic N) is 2. The topological polar surface area (TPSA) is 51.7 Å². The fourth-order valence-corrected chi connectivity index (χ4v) is 3.59. The van der Waals surface area contributed by atoms with Crippen molar-refractivity contribution in [2.45, 2.75) is 24.5 Å². The molecule has 0 saturated carbocycles. The highest BCUT2D eigenvalue weighted by atomic mass is 19.1. The van der Waals surface area contributed by atoms with Crippen molar-refractivity contribution in [3.05, 3.63) is 60.2 Å². The van der Waals surface area contributed by atoms with E-state index in [1.807, 2.05) is 12.1 Å². The normalized spacial score (nSPS) is 25.5. The monoisotopic (exact) mass is 342 g/mol. The quantitative estimate of drug-likeness (QED) is 0.861. The van der Waals surface area contributed by atoms with E-state index in [0.29, 0.717) is 25.3 Å². The van der Waals surface area contributed by atoms with Crippen LogP contribution in [0.4, 0.5) is 4.39 Å². The van der Waals surface area contributed by atoms with Gasteiger partial charge in [0.1, 0.15) is 17.7 Å². The van der Waals surface area contributed by atoms with Crippen molar-refractivity contribution in [3.8, 4) is 5.75 Å². The van der Waals surface area contributed by atoms with Crippen molar-refractivity contribution in [1.29, 1.82) is 0 Å². The average molecular weight is 342 g/mol. The molecule has 4 rings (SSSR count). The van der Waals surface area contributed by atoms with Gasteiger partial charge in [0.05, 0.1) is 24.9 Å². The Morgan fingerprint density at radius 1 is 1.36 bits per heavy atom. The number of hydrogen-bond donors (Lipinski definition) is 0. The molecule has 5 nitrogen and oxygen atoms in total. The van der Waals surface area contributed by atoms with Crippen LogP contribution in [0, 0.1) is 5.82 Å². The molecule has 0 bridgehead atoms. The van der Waals surface area contributed by atoms with E-state index in [-0.39, 0.29) is 17.6 Å². The minimum absolute atomic E-state index is 0.0478. The Morgan fingerprint density at radius 2 is 2.28 bits per heavy atom. The van der Waals surface area contributed by atoms with Crippen molar-refractivity contribution in [1.82, 2.24) is 9.88 Å². The molecule has 0 N–H and O–H groups in total. The molecule has 0 radical (unpaired) electrons. The molecular formula is C19H19FN2O3. The van der Waals surface area contributed by atoms with Gasteiger partial charge in [-0.1, -0.05) is 6.07 Å². The summed E-state index contributed by atoms with van der Waals surface area (Å²) in [6, 6.07) is 9.50. The third kappa shape index (κ3) is 3.35. The van der Waals surface area contributed by atoms with Crippen molar-refractivity contribution in [3.63, 3.8) is 0 Å². The predicted molar refractivity (Wildman–Crippen MR) is 88.9 cm³/mol. The van der Waals surface area contributed by atoms with Gasteiger partial charge in [-0.2, -0.15) is 0 Å². The molecular weight excluding hydrogens is 323 g/mol. The minimum Gasteiger partial charge on any atom is -0.486 e. The lowest BCUT2D eigenvalue weighted by Gasteiger charge is -2.23. The highest BCUT2D eigenvalue weighted by Crippen LogP contribution is 2.37. The third-order valence-corrected chi connectivity index (χ3v) is 4.79. The van der Waals surface area contributed by atoms with E-state index in [4.69, 9.17) is 9.47 Å². The van der Waals surface area contributed by atoms with Crippen LogP contribution < -0.4 is 4.74 Å². The molecule has 2 aromatic rings. The van der Waals surface area contributed by atoms with Gasteiger partial charge in [-0.15, -0.1) is 0 Å². The van der Waals surface area contributed by atoms with Gasteiger partial charge in [0.2, 0.25) is 0 Å². The first-order valence-electron chi connectivity index (χ1n) is 8.39. The molecule has 25 heavy (non-hydrogen) atoms. The SMILES string of the molecule is O=C(c1cccc(F)c1)N1CC[C@@]2(C[C@H](Oc3cccnc3)CO2)C1. The molecule has 1 spiro atoms. The Kier molecular flexibility index (Phi) is 4.13. The maximum absolute atomic E-state index is 13.4. The molecule has 2 aliphatic rings. The first-order valence-corrected chi connectivity index (χ1v) is 8.39. The number of carbonyl (C=O) groups is 1. The number of rotatable bonds is 3.